The third-order valence-corrected chi connectivity index (χ3v) is 10.4. The van der Waals surface area contributed by atoms with E-state index in [0.717, 1.165) is 11.1 Å². The molecule has 0 aromatic heterocycles. The van der Waals surface area contributed by atoms with Crippen molar-refractivity contribution in [3.63, 3.8) is 0 Å². The van der Waals surface area contributed by atoms with Crippen molar-refractivity contribution in [1.29, 1.82) is 0 Å². The number of halogens is 6. The molecular formula is C48H44F6O5. The molecule has 6 aromatic rings. The van der Waals surface area contributed by atoms with Crippen LogP contribution in [0, 0.1) is 11.6 Å². The standard InChI is InChI=1S/C48H44F6O5/c1-47(2,33-17-21-37(22-18-33)57-45(51)52)43(29-31-15-25-39(49)41(27-31)55-35-11-7-5-8-12-35)59-44(48(3,4)34-19-23-38(24-20-34)58-46(53)54)30-32-16-26-40(50)42(28-32)56-36-13-9-6-10-14-36/h5-28,43-46H,29-30H2,1-4H3. The van der Waals surface area contributed by atoms with Crippen LogP contribution in [0.5, 0.6) is 34.5 Å². The van der Waals surface area contributed by atoms with E-state index in [-0.39, 0.29) is 35.8 Å². The first kappa shape index (κ1) is 42.7. The van der Waals surface area contributed by atoms with Gasteiger partial charge in [0.15, 0.2) is 23.1 Å². The maximum Gasteiger partial charge on any atom is 0.387 e. The van der Waals surface area contributed by atoms with E-state index < -0.39 is 47.9 Å². The van der Waals surface area contributed by atoms with Gasteiger partial charge in [-0.25, -0.2) is 8.78 Å². The molecule has 11 heteroatoms. The summed E-state index contributed by atoms with van der Waals surface area (Å²) in [6.07, 6.45) is -0.920. The molecule has 0 aliphatic heterocycles. The predicted octanol–water partition coefficient (Wildman–Crippen LogP) is 13.2. The molecule has 6 aromatic carbocycles. The number of benzene rings is 6. The average molecular weight is 815 g/mol. The molecule has 5 nitrogen and oxygen atoms in total. The lowest BCUT2D eigenvalue weighted by molar-refractivity contribution is -0.0754. The zero-order chi connectivity index (χ0) is 42.2. The fraction of sp³-hybridized carbons (Fsp3) is 0.250. The van der Waals surface area contributed by atoms with Crippen molar-refractivity contribution in [2.45, 2.75) is 76.8 Å². The van der Waals surface area contributed by atoms with E-state index in [0.29, 0.717) is 22.6 Å². The molecule has 0 radical (unpaired) electrons. The molecule has 0 aliphatic carbocycles. The first-order valence-corrected chi connectivity index (χ1v) is 19.0. The number of para-hydroxylation sites is 2. The molecular weight excluding hydrogens is 771 g/mol. The summed E-state index contributed by atoms with van der Waals surface area (Å²) in [4.78, 5) is 0. The highest BCUT2D eigenvalue weighted by atomic mass is 19.3. The minimum Gasteiger partial charge on any atom is -0.454 e. The van der Waals surface area contributed by atoms with Crippen LogP contribution < -0.4 is 18.9 Å². The quantitative estimate of drug-likeness (QED) is 0.0809. The van der Waals surface area contributed by atoms with Crippen LogP contribution in [-0.2, 0) is 28.4 Å². The van der Waals surface area contributed by atoms with E-state index in [1.807, 2.05) is 39.8 Å². The Morgan fingerprint density at radius 2 is 0.797 bits per heavy atom. The second kappa shape index (κ2) is 18.8. The van der Waals surface area contributed by atoms with Gasteiger partial charge in [0.2, 0.25) is 0 Å². The first-order valence-electron chi connectivity index (χ1n) is 19.0. The summed E-state index contributed by atoms with van der Waals surface area (Å²) < 4.78 is 111. The van der Waals surface area contributed by atoms with Crippen LogP contribution >= 0.6 is 0 Å². The first-order chi connectivity index (χ1) is 28.2. The number of rotatable bonds is 18. The number of hydrogen-bond donors (Lipinski definition) is 0. The maximum atomic E-state index is 15.2. The Kier molecular flexibility index (Phi) is 13.6. The topological polar surface area (TPSA) is 46.2 Å². The van der Waals surface area contributed by atoms with Crippen LogP contribution in [-0.4, -0.2) is 25.4 Å². The molecule has 0 spiro atoms. The van der Waals surface area contributed by atoms with Gasteiger partial charge in [-0.15, -0.1) is 0 Å². The molecule has 0 fully saturated rings. The lowest BCUT2D eigenvalue weighted by Crippen LogP contribution is -2.46. The van der Waals surface area contributed by atoms with Gasteiger partial charge in [0.1, 0.15) is 23.0 Å². The van der Waals surface area contributed by atoms with E-state index in [9.17, 15) is 17.6 Å². The molecule has 59 heavy (non-hydrogen) atoms. The van der Waals surface area contributed by atoms with E-state index >= 15 is 8.78 Å². The second-order valence-electron chi connectivity index (χ2n) is 15.1. The van der Waals surface area contributed by atoms with Crippen molar-refractivity contribution in [2.24, 2.45) is 0 Å². The molecule has 2 atom stereocenters. The molecule has 0 heterocycles. The van der Waals surface area contributed by atoms with Gasteiger partial charge in [-0.2, -0.15) is 17.6 Å². The summed E-state index contributed by atoms with van der Waals surface area (Å²) in [6, 6.07) is 39.4. The van der Waals surface area contributed by atoms with E-state index in [4.69, 9.17) is 14.2 Å². The summed E-state index contributed by atoms with van der Waals surface area (Å²) in [5.74, 6) is -0.228. The molecule has 0 saturated heterocycles. The van der Waals surface area contributed by atoms with Crippen LogP contribution in [0.2, 0.25) is 0 Å². The molecule has 308 valence electrons. The minimum absolute atomic E-state index is 0.0126. The highest BCUT2D eigenvalue weighted by molar-refractivity contribution is 5.40. The van der Waals surface area contributed by atoms with Gasteiger partial charge in [0, 0.05) is 10.8 Å². The molecule has 0 bridgehead atoms. The highest BCUT2D eigenvalue weighted by Gasteiger charge is 2.40. The molecule has 0 N–H and O–H groups in total. The average Bonchev–Trinajstić information content (AvgIpc) is 3.20. The summed E-state index contributed by atoms with van der Waals surface area (Å²) in [5, 5.41) is 0. The SMILES string of the molecule is CC(C)(c1ccc(OC(F)F)cc1)C(Cc1ccc(F)c(Oc2ccccc2)c1)OC(Cc1ccc(F)c(Oc2ccccc2)c1)C(C)(C)c1ccc(OC(F)F)cc1. The predicted molar refractivity (Wildman–Crippen MR) is 214 cm³/mol. The van der Waals surface area contributed by atoms with Crippen molar-refractivity contribution in [3.05, 3.63) is 179 Å². The van der Waals surface area contributed by atoms with Crippen molar-refractivity contribution in [3.8, 4) is 34.5 Å². The largest absolute Gasteiger partial charge is 0.454 e. The third-order valence-electron chi connectivity index (χ3n) is 10.4. The van der Waals surface area contributed by atoms with Crippen LogP contribution in [0.4, 0.5) is 26.3 Å². The molecule has 0 amide bonds. The lowest BCUT2D eigenvalue weighted by Gasteiger charge is -2.43. The van der Waals surface area contributed by atoms with Gasteiger partial charge >= 0.3 is 13.2 Å². The summed E-state index contributed by atoms with van der Waals surface area (Å²) in [6.45, 7) is 1.82. The Hall–Kier alpha value is -5.94. The summed E-state index contributed by atoms with van der Waals surface area (Å²) in [7, 11) is 0. The van der Waals surface area contributed by atoms with Crippen molar-refractivity contribution >= 4 is 0 Å². The third kappa shape index (κ3) is 11.2. The Balaban J connectivity index is 1.42. The van der Waals surface area contributed by atoms with Gasteiger partial charge in [-0.3, -0.25) is 0 Å². The minimum atomic E-state index is -3.00. The van der Waals surface area contributed by atoms with E-state index in [1.165, 1.54) is 36.4 Å². The van der Waals surface area contributed by atoms with Crippen LogP contribution in [0.25, 0.3) is 0 Å². The van der Waals surface area contributed by atoms with E-state index in [2.05, 4.69) is 9.47 Å². The Morgan fingerprint density at radius 3 is 1.14 bits per heavy atom. The maximum absolute atomic E-state index is 15.2. The zero-order valence-corrected chi connectivity index (χ0v) is 32.9. The van der Waals surface area contributed by atoms with Crippen LogP contribution in [0.3, 0.4) is 0 Å². The van der Waals surface area contributed by atoms with E-state index in [1.54, 1.807) is 97.1 Å². The second-order valence-corrected chi connectivity index (χ2v) is 15.1. The monoisotopic (exact) mass is 814 g/mol. The summed E-state index contributed by atoms with van der Waals surface area (Å²) >= 11 is 0. The fourth-order valence-corrected chi connectivity index (χ4v) is 6.81. The van der Waals surface area contributed by atoms with Gasteiger partial charge in [-0.05, 0) is 108 Å². The smallest absolute Gasteiger partial charge is 0.387 e. The highest BCUT2D eigenvalue weighted by Crippen LogP contribution is 2.40. The van der Waals surface area contributed by atoms with Gasteiger partial charge in [0.25, 0.3) is 0 Å². The zero-order valence-electron chi connectivity index (χ0n) is 32.9. The Labute approximate surface area is 340 Å². The Morgan fingerprint density at radius 1 is 0.441 bits per heavy atom. The molecule has 0 saturated carbocycles. The van der Waals surface area contributed by atoms with Crippen LogP contribution in [0.1, 0.15) is 49.9 Å². The fourth-order valence-electron chi connectivity index (χ4n) is 6.81. The van der Waals surface area contributed by atoms with Crippen molar-refractivity contribution in [2.75, 3.05) is 0 Å². The van der Waals surface area contributed by atoms with Gasteiger partial charge in [0.05, 0.1) is 12.2 Å². The summed E-state index contributed by atoms with van der Waals surface area (Å²) in [5.41, 5.74) is 1.14. The number of hydrogen-bond acceptors (Lipinski definition) is 5. The van der Waals surface area contributed by atoms with Gasteiger partial charge < -0.3 is 23.7 Å². The molecule has 2 unspecified atom stereocenters. The van der Waals surface area contributed by atoms with Crippen molar-refractivity contribution in [1.82, 2.24) is 0 Å². The number of alkyl halides is 4. The Bertz CT molecular complexity index is 2090. The molecule has 6 rings (SSSR count). The van der Waals surface area contributed by atoms with Crippen LogP contribution in [0.15, 0.2) is 146 Å². The van der Waals surface area contributed by atoms with Crippen molar-refractivity contribution < 1.29 is 50.0 Å². The normalized spacial score (nSPS) is 12.9. The molecule has 0 aliphatic rings. The van der Waals surface area contributed by atoms with Gasteiger partial charge in [-0.1, -0.05) is 100 Å². The lowest BCUT2D eigenvalue weighted by atomic mass is 9.74. The number of ether oxygens (including phenoxy) is 5.